The average Bonchev–Trinajstić information content (AvgIpc) is 3.14. The molecule has 1 amide bonds. The number of carbonyl (C=O) groups excluding carboxylic acids is 1. The molecule has 25 heavy (non-hydrogen) atoms. The van der Waals surface area contributed by atoms with Crippen molar-refractivity contribution in [3.8, 4) is 11.5 Å². The van der Waals surface area contributed by atoms with Gasteiger partial charge in [-0.3, -0.25) is 0 Å². The lowest BCUT2D eigenvalue weighted by atomic mass is 9.93. The number of hydrogen-bond acceptors (Lipinski definition) is 5. The zero-order valence-corrected chi connectivity index (χ0v) is 15.6. The second-order valence-corrected chi connectivity index (χ2v) is 7.88. The summed E-state index contributed by atoms with van der Waals surface area (Å²) in [5.74, 6) is 0.987. The van der Waals surface area contributed by atoms with E-state index in [9.17, 15) is 4.79 Å². The van der Waals surface area contributed by atoms with Crippen LogP contribution in [0, 0.1) is 0 Å². The van der Waals surface area contributed by atoms with Crippen molar-refractivity contribution < 1.29 is 14.1 Å². The second-order valence-electron chi connectivity index (χ2n) is 7.44. The summed E-state index contributed by atoms with van der Waals surface area (Å²) in [6.07, 6.45) is 3.10. The minimum atomic E-state index is -0.520. The van der Waals surface area contributed by atoms with E-state index in [2.05, 4.69) is 15.1 Å². The molecule has 0 aromatic carbocycles. The van der Waals surface area contributed by atoms with Crippen LogP contribution in [0.4, 0.5) is 4.79 Å². The van der Waals surface area contributed by atoms with Crippen molar-refractivity contribution in [2.75, 3.05) is 6.54 Å². The Morgan fingerprint density at radius 2 is 2.20 bits per heavy atom. The molecule has 0 aliphatic carbocycles. The molecule has 2 unspecified atom stereocenters. The molecule has 8 heteroatoms. The van der Waals surface area contributed by atoms with Crippen molar-refractivity contribution in [2.24, 2.45) is 0 Å². The lowest BCUT2D eigenvalue weighted by Crippen LogP contribution is -2.47. The molecule has 0 saturated carbocycles. The number of nitrogens with one attached hydrogen (secondary N) is 1. The van der Waals surface area contributed by atoms with Crippen LogP contribution >= 0.6 is 11.6 Å². The van der Waals surface area contributed by atoms with Gasteiger partial charge in [0.15, 0.2) is 0 Å². The molecule has 1 aliphatic heterocycles. The number of nitrogens with zero attached hydrogens (tertiary/aromatic N) is 3. The molecule has 3 heterocycles. The number of hydrogen-bond donors (Lipinski definition) is 1. The Balaban J connectivity index is 1.73. The highest BCUT2D eigenvalue weighted by molar-refractivity contribution is 6.30. The maximum Gasteiger partial charge on any atom is 0.410 e. The van der Waals surface area contributed by atoms with E-state index < -0.39 is 5.60 Å². The van der Waals surface area contributed by atoms with E-state index in [-0.39, 0.29) is 18.1 Å². The number of aromatic nitrogens is 3. The number of likely N-dealkylation sites (tertiary alicyclic amines) is 1. The monoisotopic (exact) mass is 366 g/mol. The Morgan fingerprint density at radius 1 is 1.44 bits per heavy atom. The van der Waals surface area contributed by atoms with Crippen molar-refractivity contribution in [2.45, 2.75) is 58.1 Å². The molecule has 1 saturated heterocycles. The van der Waals surface area contributed by atoms with Crippen LogP contribution in [0.25, 0.3) is 11.5 Å². The van der Waals surface area contributed by atoms with Crippen LogP contribution in [0.1, 0.15) is 52.3 Å². The van der Waals surface area contributed by atoms with Crippen LogP contribution in [0.15, 0.2) is 16.8 Å². The first kappa shape index (κ1) is 17.8. The number of ether oxygens (including phenoxy) is 1. The maximum atomic E-state index is 12.4. The van der Waals surface area contributed by atoms with Gasteiger partial charge in [0.2, 0.25) is 11.7 Å². The van der Waals surface area contributed by atoms with Gasteiger partial charge in [0.25, 0.3) is 0 Å². The van der Waals surface area contributed by atoms with Crippen LogP contribution in [0.3, 0.4) is 0 Å². The molecule has 7 nitrogen and oxygen atoms in total. The molecule has 0 spiro atoms. The van der Waals surface area contributed by atoms with Gasteiger partial charge in [0, 0.05) is 18.8 Å². The summed E-state index contributed by atoms with van der Waals surface area (Å²) < 4.78 is 10.9. The first-order chi connectivity index (χ1) is 11.7. The minimum Gasteiger partial charge on any atom is -0.444 e. The molecule has 3 rings (SSSR count). The normalized spacial score (nSPS) is 21.4. The molecule has 2 atom stereocenters. The number of aromatic amines is 1. The van der Waals surface area contributed by atoms with E-state index in [1.807, 2.05) is 27.7 Å². The highest BCUT2D eigenvalue weighted by atomic mass is 35.5. The molecule has 0 radical (unpaired) electrons. The van der Waals surface area contributed by atoms with Crippen LogP contribution in [0.5, 0.6) is 0 Å². The molecule has 0 bridgehead atoms. The summed E-state index contributed by atoms with van der Waals surface area (Å²) >= 11 is 5.91. The molecule has 136 valence electrons. The SMILES string of the molecule is CC1CCC(c2nc(-c3cc(Cl)c[nH]3)no2)CN1C(=O)OC(C)(C)C. The summed E-state index contributed by atoms with van der Waals surface area (Å²) in [4.78, 5) is 21.7. The highest BCUT2D eigenvalue weighted by Gasteiger charge is 2.35. The predicted molar refractivity (Wildman–Crippen MR) is 93.5 cm³/mol. The Morgan fingerprint density at radius 3 is 2.84 bits per heavy atom. The van der Waals surface area contributed by atoms with Gasteiger partial charge in [-0.15, -0.1) is 0 Å². The standard InChI is InChI=1S/C17H23ClN4O3/c1-10-5-6-11(9-22(10)16(23)24-17(2,3)4)15-20-14(21-25-15)13-7-12(18)8-19-13/h7-8,10-11,19H,5-6,9H2,1-4H3. The van der Waals surface area contributed by atoms with Crippen LogP contribution in [-0.4, -0.2) is 44.3 Å². The zero-order chi connectivity index (χ0) is 18.2. The Bertz CT molecular complexity index is 749. The number of amides is 1. The molecule has 2 aromatic heterocycles. The van der Waals surface area contributed by atoms with Crippen LogP contribution in [0.2, 0.25) is 5.02 Å². The van der Waals surface area contributed by atoms with E-state index in [0.717, 1.165) is 12.8 Å². The largest absolute Gasteiger partial charge is 0.444 e. The molecule has 2 aromatic rings. The smallest absolute Gasteiger partial charge is 0.410 e. The third-order valence-corrected chi connectivity index (χ3v) is 4.41. The quantitative estimate of drug-likeness (QED) is 0.860. The Hall–Kier alpha value is -2.02. The van der Waals surface area contributed by atoms with Gasteiger partial charge in [0.05, 0.1) is 16.6 Å². The van der Waals surface area contributed by atoms with E-state index in [0.29, 0.717) is 29.0 Å². The second kappa shape index (κ2) is 6.71. The highest BCUT2D eigenvalue weighted by Crippen LogP contribution is 2.31. The first-order valence-corrected chi connectivity index (χ1v) is 8.78. The summed E-state index contributed by atoms with van der Waals surface area (Å²) in [6.45, 7) is 8.12. The summed E-state index contributed by atoms with van der Waals surface area (Å²) in [5, 5.41) is 4.60. The van der Waals surface area contributed by atoms with Gasteiger partial charge in [-0.1, -0.05) is 16.8 Å². The van der Waals surface area contributed by atoms with Crippen LogP contribution < -0.4 is 0 Å². The summed E-state index contributed by atoms with van der Waals surface area (Å²) in [6, 6.07) is 1.86. The lowest BCUT2D eigenvalue weighted by molar-refractivity contribution is 0.00846. The minimum absolute atomic E-state index is 0.00426. The van der Waals surface area contributed by atoms with Gasteiger partial charge in [-0.2, -0.15) is 4.98 Å². The van der Waals surface area contributed by atoms with Gasteiger partial charge < -0.3 is 19.1 Å². The third kappa shape index (κ3) is 4.15. The van der Waals surface area contributed by atoms with Gasteiger partial charge in [-0.25, -0.2) is 4.79 Å². The van der Waals surface area contributed by atoms with Crippen molar-refractivity contribution in [3.63, 3.8) is 0 Å². The number of piperidine rings is 1. The predicted octanol–water partition coefficient (Wildman–Crippen LogP) is 4.22. The average molecular weight is 367 g/mol. The summed E-state index contributed by atoms with van der Waals surface area (Å²) in [5.41, 5.74) is 0.182. The maximum absolute atomic E-state index is 12.4. The van der Waals surface area contributed by atoms with Gasteiger partial charge in [-0.05, 0) is 46.6 Å². The third-order valence-electron chi connectivity index (χ3n) is 4.19. The number of H-pyrrole nitrogens is 1. The van der Waals surface area contributed by atoms with Crippen molar-refractivity contribution >= 4 is 17.7 Å². The van der Waals surface area contributed by atoms with Crippen molar-refractivity contribution in [1.29, 1.82) is 0 Å². The van der Waals surface area contributed by atoms with E-state index >= 15 is 0 Å². The molecule has 1 fully saturated rings. The number of rotatable bonds is 2. The molecular formula is C17H23ClN4O3. The fourth-order valence-corrected chi connectivity index (χ4v) is 3.05. The molecule has 1 aliphatic rings. The van der Waals surface area contributed by atoms with E-state index in [1.54, 1.807) is 17.2 Å². The van der Waals surface area contributed by atoms with E-state index in [1.165, 1.54) is 0 Å². The van der Waals surface area contributed by atoms with Gasteiger partial charge >= 0.3 is 6.09 Å². The topological polar surface area (TPSA) is 84.3 Å². The number of halogens is 1. The van der Waals surface area contributed by atoms with E-state index in [4.69, 9.17) is 20.9 Å². The van der Waals surface area contributed by atoms with Crippen LogP contribution in [-0.2, 0) is 4.74 Å². The zero-order valence-electron chi connectivity index (χ0n) is 14.9. The van der Waals surface area contributed by atoms with Crippen molar-refractivity contribution in [1.82, 2.24) is 20.0 Å². The molecule has 1 N–H and O–H groups in total. The van der Waals surface area contributed by atoms with Gasteiger partial charge in [0.1, 0.15) is 5.60 Å². The first-order valence-electron chi connectivity index (χ1n) is 8.40. The van der Waals surface area contributed by atoms with Crippen molar-refractivity contribution in [3.05, 3.63) is 23.2 Å². The fourth-order valence-electron chi connectivity index (χ4n) is 2.89. The Kier molecular flexibility index (Phi) is 4.77. The number of carbonyl (C=O) groups is 1. The summed E-state index contributed by atoms with van der Waals surface area (Å²) in [7, 11) is 0. The molecular weight excluding hydrogens is 344 g/mol. The lowest BCUT2D eigenvalue weighted by Gasteiger charge is -2.37. The Labute approximate surface area is 151 Å². The fraction of sp³-hybridized carbons (Fsp3) is 0.588.